The van der Waals surface area contributed by atoms with E-state index in [9.17, 15) is 9.59 Å². The van der Waals surface area contributed by atoms with E-state index in [2.05, 4.69) is 15.6 Å². The first-order valence-electron chi connectivity index (χ1n) is 6.08. The van der Waals surface area contributed by atoms with Gasteiger partial charge in [-0.3, -0.25) is 20.2 Å². The lowest BCUT2D eigenvalue weighted by molar-refractivity contribution is -0.131. The summed E-state index contributed by atoms with van der Waals surface area (Å²) >= 11 is 5.79. The highest BCUT2D eigenvalue weighted by atomic mass is 35.5. The zero-order chi connectivity index (χ0) is 13.4. The summed E-state index contributed by atoms with van der Waals surface area (Å²) < 4.78 is 0. The van der Waals surface area contributed by atoms with Gasteiger partial charge in [0.1, 0.15) is 5.92 Å². The van der Waals surface area contributed by atoms with E-state index in [0.29, 0.717) is 10.6 Å². The Bertz CT molecular complexity index is 544. The lowest BCUT2D eigenvalue weighted by Gasteiger charge is -2.23. The van der Waals surface area contributed by atoms with Crippen molar-refractivity contribution in [3.8, 4) is 0 Å². The first kappa shape index (κ1) is 12.2. The fourth-order valence-electron chi connectivity index (χ4n) is 1.94. The predicted octanol–water partition coefficient (Wildman–Crippen LogP) is 1.19. The van der Waals surface area contributed by atoms with Crippen LogP contribution in [0, 0.1) is 0 Å². The van der Waals surface area contributed by atoms with E-state index < -0.39 is 5.92 Å². The molecule has 3 rings (SSSR count). The molecular weight excluding hydrogens is 266 g/mol. The molecule has 0 radical (unpaired) electrons. The van der Waals surface area contributed by atoms with Crippen LogP contribution in [-0.2, 0) is 9.59 Å². The van der Waals surface area contributed by atoms with Crippen LogP contribution >= 0.6 is 11.6 Å². The van der Waals surface area contributed by atoms with E-state index in [-0.39, 0.29) is 23.8 Å². The fourth-order valence-corrected chi connectivity index (χ4v) is 2.06. The monoisotopic (exact) mass is 277 g/mol. The number of benzene rings is 1. The van der Waals surface area contributed by atoms with Gasteiger partial charge in [0.25, 0.3) is 0 Å². The Morgan fingerprint density at radius 1 is 1.05 bits per heavy atom. The number of halogens is 1. The summed E-state index contributed by atoms with van der Waals surface area (Å²) in [6, 6.07) is 6.91. The van der Waals surface area contributed by atoms with Gasteiger partial charge in [-0.05, 0) is 30.5 Å². The van der Waals surface area contributed by atoms with Gasteiger partial charge in [-0.1, -0.05) is 23.7 Å². The van der Waals surface area contributed by atoms with Crippen LogP contribution in [0.2, 0.25) is 5.02 Å². The zero-order valence-electron chi connectivity index (χ0n) is 10.0. The number of guanidine groups is 1. The standard InChI is InChI=1S/C13H12ClN3O2/c14-8-3-1-7(2-4-8)10-11(18)16-13(17-12(10)19)15-9-5-6-9/h1-4,9-10H,5-6H2,(H2,15,16,17,18,19). The average Bonchev–Trinajstić information content (AvgIpc) is 3.14. The Kier molecular flexibility index (Phi) is 2.98. The highest BCUT2D eigenvalue weighted by Gasteiger charge is 2.35. The van der Waals surface area contributed by atoms with Gasteiger partial charge in [0, 0.05) is 5.02 Å². The van der Waals surface area contributed by atoms with E-state index >= 15 is 0 Å². The summed E-state index contributed by atoms with van der Waals surface area (Å²) in [4.78, 5) is 28.3. The Hall–Kier alpha value is -1.88. The normalized spacial score (nSPS) is 22.8. The van der Waals surface area contributed by atoms with Crippen LogP contribution in [-0.4, -0.2) is 23.8 Å². The van der Waals surface area contributed by atoms with Crippen LogP contribution in [0.15, 0.2) is 29.3 Å². The molecule has 2 N–H and O–H groups in total. The molecule has 0 unspecified atom stereocenters. The number of carbonyl (C=O) groups excluding carboxylic acids is 2. The third kappa shape index (κ3) is 2.61. The van der Waals surface area contributed by atoms with Crippen molar-refractivity contribution in [1.29, 1.82) is 0 Å². The molecule has 19 heavy (non-hydrogen) atoms. The topological polar surface area (TPSA) is 70.6 Å². The molecule has 0 spiro atoms. The van der Waals surface area contributed by atoms with Gasteiger partial charge in [-0.25, -0.2) is 4.99 Å². The molecule has 98 valence electrons. The van der Waals surface area contributed by atoms with Gasteiger partial charge in [0.05, 0.1) is 6.04 Å². The molecule has 0 atom stereocenters. The Labute approximate surface area is 115 Å². The number of aliphatic imine (C=N–C) groups is 1. The van der Waals surface area contributed by atoms with Gasteiger partial charge < -0.3 is 0 Å². The van der Waals surface area contributed by atoms with Crippen molar-refractivity contribution in [2.75, 3.05) is 0 Å². The van der Waals surface area contributed by atoms with Crippen molar-refractivity contribution < 1.29 is 9.59 Å². The average molecular weight is 278 g/mol. The van der Waals surface area contributed by atoms with Gasteiger partial charge in [0.2, 0.25) is 17.8 Å². The smallest absolute Gasteiger partial charge is 0.243 e. The number of amides is 2. The van der Waals surface area contributed by atoms with Crippen molar-refractivity contribution >= 4 is 29.4 Å². The number of rotatable bonds is 2. The molecule has 1 aliphatic carbocycles. The summed E-state index contributed by atoms with van der Waals surface area (Å²) in [6.07, 6.45) is 2.02. The number of nitrogens with zero attached hydrogens (tertiary/aromatic N) is 1. The van der Waals surface area contributed by atoms with E-state index in [1.54, 1.807) is 24.3 Å². The minimum absolute atomic E-state index is 0.239. The molecule has 1 aromatic carbocycles. The first-order chi connectivity index (χ1) is 9.13. The molecule has 5 nitrogen and oxygen atoms in total. The molecular formula is C13H12ClN3O2. The van der Waals surface area contributed by atoms with Gasteiger partial charge >= 0.3 is 0 Å². The molecule has 1 heterocycles. The maximum Gasteiger partial charge on any atom is 0.243 e. The molecule has 2 amide bonds. The van der Waals surface area contributed by atoms with E-state index in [4.69, 9.17) is 11.6 Å². The number of hydrogen-bond donors (Lipinski definition) is 2. The van der Waals surface area contributed by atoms with E-state index in [1.807, 2.05) is 0 Å². The zero-order valence-corrected chi connectivity index (χ0v) is 10.8. The summed E-state index contributed by atoms with van der Waals surface area (Å²) in [5.74, 6) is -1.30. The molecule has 1 saturated carbocycles. The lowest BCUT2D eigenvalue weighted by Crippen LogP contribution is -2.55. The highest BCUT2D eigenvalue weighted by Crippen LogP contribution is 2.24. The third-order valence-corrected chi connectivity index (χ3v) is 3.32. The Balaban J connectivity index is 1.82. The van der Waals surface area contributed by atoms with Gasteiger partial charge in [-0.2, -0.15) is 0 Å². The van der Waals surface area contributed by atoms with Crippen LogP contribution in [0.1, 0.15) is 24.3 Å². The minimum Gasteiger partial charge on any atom is -0.295 e. The summed E-state index contributed by atoms with van der Waals surface area (Å²) in [7, 11) is 0. The van der Waals surface area contributed by atoms with Crippen molar-refractivity contribution in [1.82, 2.24) is 10.6 Å². The van der Waals surface area contributed by atoms with Gasteiger partial charge in [0.15, 0.2) is 0 Å². The Morgan fingerprint density at radius 2 is 1.63 bits per heavy atom. The maximum absolute atomic E-state index is 12.0. The van der Waals surface area contributed by atoms with Crippen molar-refractivity contribution in [2.24, 2.45) is 4.99 Å². The molecule has 1 aromatic rings. The molecule has 2 aliphatic rings. The van der Waals surface area contributed by atoms with Crippen LogP contribution < -0.4 is 10.6 Å². The number of hydrogen-bond acceptors (Lipinski definition) is 3. The van der Waals surface area contributed by atoms with Crippen molar-refractivity contribution in [2.45, 2.75) is 24.8 Å². The van der Waals surface area contributed by atoms with Crippen LogP contribution in [0.4, 0.5) is 0 Å². The third-order valence-electron chi connectivity index (χ3n) is 3.07. The summed E-state index contributed by atoms with van der Waals surface area (Å²) in [6.45, 7) is 0. The summed E-state index contributed by atoms with van der Waals surface area (Å²) in [5.41, 5.74) is 0.616. The van der Waals surface area contributed by atoms with Gasteiger partial charge in [-0.15, -0.1) is 0 Å². The molecule has 1 saturated heterocycles. The SMILES string of the molecule is O=C1NC(=NC2CC2)NC(=O)C1c1ccc(Cl)cc1. The van der Waals surface area contributed by atoms with E-state index in [0.717, 1.165) is 12.8 Å². The summed E-state index contributed by atoms with van der Waals surface area (Å²) in [5, 5.41) is 5.82. The van der Waals surface area contributed by atoms with Crippen LogP contribution in [0.5, 0.6) is 0 Å². The number of nitrogens with one attached hydrogen (secondary N) is 2. The second-order valence-electron chi connectivity index (χ2n) is 4.67. The molecule has 1 aliphatic heterocycles. The van der Waals surface area contributed by atoms with E-state index in [1.165, 1.54) is 0 Å². The first-order valence-corrected chi connectivity index (χ1v) is 6.46. The quantitative estimate of drug-likeness (QED) is 0.797. The predicted molar refractivity (Wildman–Crippen MR) is 70.9 cm³/mol. The molecule has 2 fully saturated rings. The molecule has 0 aromatic heterocycles. The highest BCUT2D eigenvalue weighted by molar-refractivity contribution is 6.30. The van der Waals surface area contributed by atoms with Crippen molar-refractivity contribution in [3.05, 3.63) is 34.9 Å². The lowest BCUT2D eigenvalue weighted by atomic mass is 9.96. The fraction of sp³-hybridized carbons (Fsp3) is 0.308. The van der Waals surface area contributed by atoms with Crippen molar-refractivity contribution in [3.63, 3.8) is 0 Å². The second kappa shape index (κ2) is 4.66. The second-order valence-corrected chi connectivity index (χ2v) is 5.11. The van der Waals surface area contributed by atoms with Crippen LogP contribution in [0.25, 0.3) is 0 Å². The molecule has 0 bridgehead atoms. The number of carbonyl (C=O) groups is 2. The minimum atomic E-state index is -0.851. The maximum atomic E-state index is 12.0. The van der Waals surface area contributed by atoms with Crippen LogP contribution in [0.3, 0.4) is 0 Å². The molecule has 6 heteroatoms. The largest absolute Gasteiger partial charge is 0.295 e. The Morgan fingerprint density at radius 3 is 2.16 bits per heavy atom.